The minimum absolute atomic E-state index is 0.114. The Bertz CT molecular complexity index is 1290. The van der Waals surface area contributed by atoms with Crippen molar-refractivity contribution in [1.82, 2.24) is 14.8 Å². The molecule has 1 saturated heterocycles. The molecule has 1 N–H and O–H groups in total. The van der Waals surface area contributed by atoms with Gasteiger partial charge in [0.1, 0.15) is 6.04 Å². The van der Waals surface area contributed by atoms with Crippen LogP contribution >= 0.6 is 11.6 Å². The summed E-state index contributed by atoms with van der Waals surface area (Å²) >= 11 is 6.11. The number of nitrogens with one attached hydrogen (secondary N) is 1. The molecule has 1 fully saturated rings. The van der Waals surface area contributed by atoms with Gasteiger partial charge in [0.15, 0.2) is 0 Å². The number of hydrogen-bond acceptors (Lipinski definition) is 5. The third-order valence-electron chi connectivity index (χ3n) is 6.46. The predicted molar refractivity (Wildman–Crippen MR) is 126 cm³/mol. The molecule has 0 radical (unpaired) electrons. The van der Waals surface area contributed by atoms with E-state index in [2.05, 4.69) is 21.5 Å². The molecule has 7 nitrogen and oxygen atoms in total. The zero-order valence-electron chi connectivity index (χ0n) is 17.6. The van der Waals surface area contributed by atoms with Crippen molar-refractivity contribution in [3.63, 3.8) is 0 Å². The minimum Gasteiger partial charge on any atom is -0.324 e. The maximum absolute atomic E-state index is 13.1. The Kier molecular flexibility index (Phi) is 4.66. The summed E-state index contributed by atoms with van der Waals surface area (Å²) in [6.45, 7) is 0. The van der Waals surface area contributed by atoms with Gasteiger partial charge in [-0.15, -0.1) is 5.10 Å². The summed E-state index contributed by atoms with van der Waals surface area (Å²) in [5.74, 6) is -0.529. The van der Waals surface area contributed by atoms with Crippen molar-refractivity contribution < 1.29 is 9.59 Å². The van der Waals surface area contributed by atoms with E-state index >= 15 is 0 Å². The van der Waals surface area contributed by atoms with Crippen LogP contribution in [0.25, 0.3) is 5.70 Å². The van der Waals surface area contributed by atoms with Gasteiger partial charge in [-0.05, 0) is 42.2 Å². The van der Waals surface area contributed by atoms with Gasteiger partial charge in [0.2, 0.25) is 17.8 Å². The van der Waals surface area contributed by atoms with Gasteiger partial charge in [-0.2, -0.15) is 4.98 Å². The number of imide groups is 1. The molecule has 0 saturated carbocycles. The first-order valence-corrected chi connectivity index (χ1v) is 11.3. The number of aromatic nitrogens is 3. The lowest BCUT2D eigenvalue weighted by Crippen LogP contribution is -2.32. The van der Waals surface area contributed by atoms with Crippen LogP contribution in [0, 0.1) is 11.8 Å². The third kappa shape index (κ3) is 3.27. The van der Waals surface area contributed by atoms with Crippen LogP contribution in [0.5, 0.6) is 0 Å². The Morgan fingerprint density at radius 3 is 2.24 bits per heavy atom. The van der Waals surface area contributed by atoms with Crippen LogP contribution in [0.3, 0.4) is 0 Å². The summed E-state index contributed by atoms with van der Waals surface area (Å²) in [6, 6.07) is 17.2. The second-order valence-corrected chi connectivity index (χ2v) is 8.85. The number of hydrogen-bond donors (Lipinski definition) is 1. The maximum Gasteiger partial charge on any atom is 0.260 e. The summed E-state index contributed by atoms with van der Waals surface area (Å²) in [5, 5.41) is 8.60. The highest BCUT2D eigenvalue weighted by Crippen LogP contribution is 2.39. The lowest BCUT2D eigenvalue weighted by atomic mass is 9.85. The van der Waals surface area contributed by atoms with Crippen molar-refractivity contribution in [2.45, 2.75) is 18.9 Å². The first-order valence-electron chi connectivity index (χ1n) is 10.9. The molecule has 3 aromatic rings. The second kappa shape index (κ2) is 7.71. The lowest BCUT2D eigenvalue weighted by molar-refractivity contribution is -0.122. The molecule has 1 aromatic heterocycles. The largest absolute Gasteiger partial charge is 0.324 e. The van der Waals surface area contributed by atoms with Crippen molar-refractivity contribution >= 4 is 41.0 Å². The van der Waals surface area contributed by atoms with Gasteiger partial charge in [-0.3, -0.25) is 9.59 Å². The fraction of sp³-hybridized carbons (Fsp3) is 0.200. The fourth-order valence-corrected chi connectivity index (χ4v) is 4.88. The number of amides is 2. The number of nitrogens with zero attached hydrogens (tertiary/aromatic N) is 4. The SMILES string of the molecule is O=C1[C@H]2CC=CC[C@@H]2C(=O)N1c1nc2n(n1)[C@@H](c1ccc(Cl)cc1)C=C(c1ccccc1)N2. The Balaban J connectivity index is 1.43. The Morgan fingerprint density at radius 1 is 0.909 bits per heavy atom. The number of benzene rings is 2. The van der Waals surface area contributed by atoms with Crippen LogP contribution in [-0.4, -0.2) is 26.6 Å². The van der Waals surface area contributed by atoms with Crippen LogP contribution in [0.1, 0.15) is 30.0 Å². The zero-order chi connectivity index (χ0) is 22.5. The van der Waals surface area contributed by atoms with Gasteiger partial charge in [0.05, 0.1) is 11.8 Å². The molecular weight excluding hydrogens is 438 g/mol. The molecule has 33 heavy (non-hydrogen) atoms. The van der Waals surface area contributed by atoms with Crippen molar-refractivity contribution in [1.29, 1.82) is 0 Å². The number of fused-ring (bicyclic) bond motifs is 2. The van der Waals surface area contributed by atoms with Gasteiger partial charge in [0, 0.05) is 10.7 Å². The molecule has 0 bridgehead atoms. The number of rotatable bonds is 3. The van der Waals surface area contributed by atoms with Crippen LogP contribution in [0.15, 0.2) is 72.8 Å². The van der Waals surface area contributed by atoms with Gasteiger partial charge in [-0.25, -0.2) is 9.58 Å². The summed E-state index contributed by atoms with van der Waals surface area (Å²) in [5.41, 5.74) is 2.83. The average molecular weight is 458 g/mol. The van der Waals surface area contributed by atoms with Crippen molar-refractivity contribution in [3.8, 4) is 0 Å². The molecular formula is C25H20ClN5O2. The van der Waals surface area contributed by atoms with E-state index in [9.17, 15) is 9.59 Å². The molecule has 164 valence electrons. The highest BCUT2D eigenvalue weighted by atomic mass is 35.5. The average Bonchev–Trinajstić information content (AvgIpc) is 3.38. The zero-order valence-corrected chi connectivity index (χ0v) is 18.3. The Labute approximate surface area is 195 Å². The molecule has 8 heteroatoms. The minimum atomic E-state index is -0.332. The van der Waals surface area contributed by atoms with Crippen LogP contribution < -0.4 is 10.2 Å². The standard InChI is InChI=1S/C25H20ClN5O2/c26-17-12-10-16(11-13-17)21-14-20(15-6-2-1-3-7-15)27-24-28-25(29-31(21)24)30-22(32)18-8-4-5-9-19(18)23(30)33/h1-7,10-14,18-19,21H,8-9H2,(H,27,28,29)/t18-,19-,21+/m0/s1. The van der Waals surface area contributed by atoms with E-state index in [1.54, 1.807) is 4.68 Å². The van der Waals surface area contributed by atoms with Crippen LogP contribution in [0.2, 0.25) is 5.02 Å². The predicted octanol–water partition coefficient (Wildman–Crippen LogP) is 4.44. The lowest BCUT2D eigenvalue weighted by Gasteiger charge is -2.24. The number of halogens is 1. The monoisotopic (exact) mass is 457 g/mol. The van der Waals surface area contributed by atoms with Gasteiger partial charge < -0.3 is 5.32 Å². The van der Waals surface area contributed by atoms with Crippen LogP contribution in [0.4, 0.5) is 11.9 Å². The second-order valence-electron chi connectivity index (χ2n) is 8.42. The first kappa shape index (κ1) is 19.9. The topological polar surface area (TPSA) is 80.1 Å². The fourth-order valence-electron chi connectivity index (χ4n) is 4.76. The van der Waals surface area contributed by atoms with Gasteiger partial charge >= 0.3 is 0 Å². The summed E-state index contributed by atoms with van der Waals surface area (Å²) in [6.07, 6.45) is 7.14. The van der Waals surface area contributed by atoms with E-state index < -0.39 is 0 Å². The quantitative estimate of drug-likeness (QED) is 0.464. The van der Waals surface area contributed by atoms with Crippen molar-refractivity contribution in [3.05, 3.63) is 89.0 Å². The smallest absolute Gasteiger partial charge is 0.260 e. The van der Waals surface area contributed by atoms with E-state index in [-0.39, 0.29) is 35.6 Å². The molecule has 3 heterocycles. The molecule has 3 atom stereocenters. The molecule has 2 aromatic carbocycles. The number of carbonyl (C=O) groups is 2. The summed E-state index contributed by atoms with van der Waals surface area (Å²) < 4.78 is 1.71. The van der Waals surface area contributed by atoms with Crippen molar-refractivity contribution in [2.24, 2.45) is 11.8 Å². The Hall–Kier alpha value is -3.71. The first-order chi connectivity index (χ1) is 16.1. The summed E-state index contributed by atoms with van der Waals surface area (Å²) in [4.78, 5) is 31.9. The van der Waals surface area contributed by atoms with E-state index in [0.717, 1.165) is 21.7 Å². The van der Waals surface area contributed by atoms with Gasteiger partial charge in [0.25, 0.3) is 5.95 Å². The Morgan fingerprint density at radius 2 is 1.58 bits per heavy atom. The third-order valence-corrected chi connectivity index (χ3v) is 6.71. The van der Waals surface area contributed by atoms with Crippen LogP contribution in [-0.2, 0) is 9.59 Å². The molecule has 2 aliphatic heterocycles. The summed E-state index contributed by atoms with van der Waals surface area (Å²) in [7, 11) is 0. The number of anilines is 2. The molecule has 6 rings (SSSR count). The highest BCUT2D eigenvalue weighted by Gasteiger charge is 2.49. The van der Waals surface area contributed by atoms with Gasteiger partial charge in [-0.1, -0.05) is 66.2 Å². The molecule has 1 aliphatic carbocycles. The molecule has 0 unspecified atom stereocenters. The van der Waals surface area contributed by atoms with E-state index in [4.69, 9.17) is 11.6 Å². The molecule has 2 amide bonds. The van der Waals surface area contributed by atoms with E-state index in [1.165, 1.54) is 0 Å². The van der Waals surface area contributed by atoms with Crippen molar-refractivity contribution in [2.75, 3.05) is 10.2 Å². The molecule has 3 aliphatic rings. The van der Waals surface area contributed by atoms with E-state index in [0.29, 0.717) is 23.8 Å². The molecule has 0 spiro atoms. The normalized spacial score (nSPS) is 23.7. The highest BCUT2D eigenvalue weighted by molar-refractivity contribution is 6.30. The maximum atomic E-state index is 13.1. The number of allylic oxidation sites excluding steroid dienone is 3. The van der Waals surface area contributed by atoms with E-state index in [1.807, 2.05) is 66.7 Å². The number of carbonyl (C=O) groups excluding carboxylic acids is 2.